The third-order valence-electron chi connectivity index (χ3n) is 1.90. The van der Waals surface area contributed by atoms with Gasteiger partial charge in [0.25, 0.3) is 0 Å². The number of benzene rings is 1. The van der Waals surface area contributed by atoms with Crippen molar-refractivity contribution >= 4 is 11.6 Å². The second-order valence-corrected chi connectivity index (χ2v) is 3.66. The van der Waals surface area contributed by atoms with Crippen molar-refractivity contribution in [2.45, 2.75) is 25.9 Å². The number of halogens is 1. The lowest BCUT2D eigenvalue weighted by Gasteiger charge is -2.06. The molecule has 0 unspecified atom stereocenters. The van der Waals surface area contributed by atoms with Gasteiger partial charge in [0.2, 0.25) is 0 Å². The molecule has 0 aliphatic heterocycles. The normalized spacial score (nSPS) is 16.2. The number of ether oxygens (including phenoxy) is 1. The molecule has 0 atom stereocenters. The Balaban J connectivity index is 2.21. The van der Waals surface area contributed by atoms with Crippen LogP contribution in [-0.4, -0.2) is 6.10 Å². The Morgan fingerprint density at radius 1 is 1.42 bits per heavy atom. The standard InChI is InChI=1S/C10H11ClO/c1-7-2-5-9(11)10(6-7)12-8-3-4-8/h2,5-6,8H,3-4H2,1H3. The lowest BCUT2D eigenvalue weighted by Crippen LogP contribution is -1.96. The largest absolute Gasteiger partial charge is 0.489 e. The van der Waals surface area contributed by atoms with Crippen molar-refractivity contribution in [2.75, 3.05) is 0 Å². The van der Waals surface area contributed by atoms with Crippen LogP contribution in [0.1, 0.15) is 18.4 Å². The maximum absolute atomic E-state index is 5.94. The van der Waals surface area contributed by atoms with Gasteiger partial charge >= 0.3 is 0 Å². The Morgan fingerprint density at radius 2 is 2.17 bits per heavy atom. The Kier molecular flexibility index (Phi) is 1.97. The van der Waals surface area contributed by atoms with E-state index in [1.807, 2.05) is 25.1 Å². The van der Waals surface area contributed by atoms with Crippen LogP contribution in [0.2, 0.25) is 5.02 Å². The highest BCUT2D eigenvalue weighted by Gasteiger charge is 2.24. The van der Waals surface area contributed by atoms with Crippen LogP contribution < -0.4 is 4.74 Å². The number of hydrogen-bond donors (Lipinski definition) is 0. The average Bonchev–Trinajstić information content (AvgIpc) is 2.81. The first kappa shape index (κ1) is 7.93. The van der Waals surface area contributed by atoms with E-state index in [9.17, 15) is 0 Å². The first-order valence-corrected chi connectivity index (χ1v) is 4.56. The predicted molar refractivity (Wildman–Crippen MR) is 49.8 cm³/mol. The molecule has 0 spiro atoms. The van der Waals surface area contributed by atoms with Crippen molar-refractivity contribution in [3.05, 3.63) is 28.8 Å². The van der Waals surface area contributed by atoms with E-state index in [1.165, 1.54) is 18.4 Å². The van der Waals surface area contributed by atoms with Crippen molar-refractivity contribution in [2.24, 2.45) is 0 Å². The van der Waals surface area contributed by atoms with Crippen LogP contribution in [0, 0.1) is 6.92 Å². The lowest BCUT2D eigenvalue weighted by molar-refractivity contribution is 0.303. The summed E-state index contributed by atoms with van der Waals surface area (Å²) in [4.78, 5) is 0. The highest BCUT2D eigenvalue weighted by molar-refractivity contribution is 6.32. The van der Waals surface area contributed by atoms with Crippen molar-refractivity contribution in [1.29, 1.82) is 0 Å². The molecule has 1 fully saturated rings. The van der Waals surface area contributed by atoms with E-state index in [4.69, 9.17) is 16.3 Å². The molecule has 2 heteroatoms. The maximum atomic E-state index is 5.94. The zero-order valence-corrected chi connectivity index (χ0v) is 7.77. The minimum atomic E-state index is 0.421. The minimum absolute atomic E-state index is 0.421. The van der Waals surface area contributed by atoms with Crippen LogP contribution in [0.5, 0.6) is 5.75 Å². The third kappa shape index (κ3) is 1.72. The molecule has 0 heterocycles. The smallest absolute Gasteiger partial charge is 0.138 e. The average molecular weight is 183 g/mol. The van der Waals surface area contributed by atoms with Crippen molar-refractivity contribution in [1.82, 2.24) is 0 Å². The van der Waals surface area contributed by atoms with Crippen molar-refractivity contribution in [3.8, 4) is 5.75 Å². The Bertz CT molecular complexity index is 292. The van der Waals surface area contributed by atoms with Gasteiger partial charge in [0.05, 0.1) is 11.1 Å². The second kappa shape index (κ2) is 2.98. The van der Waals surface area contributed by atoms with Gasteiger partial charge in [-0.25, -0.2) is 0 Å². The lowest BCUT2D eigenvalue weighted by atomic mass is 10.2. The molecule has 1 aliphatic carbocycles. The van der Waals surface area contributed by atoms with E-state index in [2.05, 4.69) is 0 Å². The van der Waals surface area contributed by atoms with Gasteiger partial charge in [-0.3, -0.25) is 0 Å². The van der Waals surface area contributed by atoms with Crippen LogP contribution in [0.25, 0.3) is 0 Å². The highest BCUT2D eigenvalue weighted by atomic mass is 35.5. The van der Waals surface area contributed by atoms with E-state index in [0.29, 0.717) is 11.1 Å². The molecule has 1 saturated carbocycles. The molecule has 0 radical (unpaired) electrons. The molecule has 0 amide bonds. The van der Waals surface area contributed by atoms with Crippen LogP contribution in [0.4, 0.5) is 0 Å². The Morgan fingerprint density at radius 3 is 2.83 bits per heavy atom. The fourth-order valence-electron chi connectivity index (χ4n) is 1.07. The van der Waals surface area contributed by atoms with Gasteiger partial charge in [0.1, 0.15) is 5.75 Å². The summed E-state index contributed by atoms with van der Waals surface area (Å²) in [6, 6.07) is 5.86. The molecule has 12 heavy (non-hydrogen) atoms. The van der Waals surface area contributed by atoms with Gasteiger partial charge in [-0.2, -0.15) is 0 Å². The van der Waals surface area contributed by atoms with Crippen LogP contribution in [-0.2, 0) is 0 Å². The highest BCUT2D eigenvalue weighted by Crippen LogP contribution is 2.32. The molecular formula is C10H11ClO. The summed E-state index contributed by atoms with van der Waals surface area (Å²) >= 11 is 5.94. The summed E-state index contributed by atoms with van der Waals surface area (Å²) in [7, 11) is 0. The fraction of sp³-hybridized carbons (Fsp3) is 0.400. The van der Waals surface area contributed by atoms with Crippen molar-refractivity contribution in [3.63, 3.8) is 0 Å². The second-order valence-electron chi connectivity index (χ2n) is 3.25. The number of rotatable bonds is 2. The molecule has 1 nitrogen and oxygen atoms in total. The fourth-order valence-corrected chi connectivity index (χ4v) is 1.23. The maximum Gasteiger partial charge on any atom is 0.138 e. The summed E-state index contributed by atoms with van der Waals surface area (Å²) in [5, 5.41) is 0.715. The summed E-state index contributed by atoms with van der Waals surface area (Å²) in [5.41, 5.74) is 1.19. The van der Waals surface area contributed by atoms with Gasteiger partial charge < -0.3 is 4.74 Å². The van der Waals surface area contributed by atoms with Crippen LogP contribution in [0.3, 0.4) is 0 Å². The first-order valence-electron chi connectivity index (χ1n) is 4.18. The predicted octanol–water partition coefficient (Wildman–Crippen LogP) is 3.19. The molecule has 1 aromatic carbocycles. The molecule has 0 aromatic heterocycles. The monoisotopic (exact) mass is 182 g/mol. The summed E-state index contributed by atoms with van der Waals surface area (Å²) in [6.07, 6.45) is 2.76. The third-order valence-corrected chi connectivity index (χ3v) is 2.22. The number of aryl methyl sites for hydroxylation is 1. The van der Waals surface area contributed by atoms with Gasteiger partial charge in [0.15, 0.2) is 0 Å². The summed E-state index contributed by atoms with van der Waals surface area (Å²) in [6.45, 7) is 2.04. The van der Waals surface area contributed by atoms with Gasteiger partial charge in [-0.05, 0) is 37.5 Å². The Labute approximate surface area is 77.3 Å². The Hall–Kier alpha value is -0.690. The molecule has 0 N–H and O–H groups in total. The van der Waals surface area contributed by atoms with Gasteiger partial charge in [-0.1, -0.05) is 17.7 Å². The minimum Gasteiger partial charge on any atom is -0.489 e. The SMILES string of the molecule is Cc1ccc(Cl)c(OC2CC2)c1. The molecule has 1 aliphatic rings. The molecular weight excluding hydrogens is 172 g/mol. The van der Waals surface area contributed by atoms with E-state index >= 15 is 0 Å². The van der Waals surface area contributed by atoms with E-state index in [1.54, 1.807) is 0 Å². The summed E-state index contributed by atoms with van der Waals surface area (Å²) < 4.78 is 5.60. The quantitative estimate of drug-likeness (QED) is 0.683. The van der Waals surface area contributed by atoms with Gasteiger partial charge in [0, 0.05) is 0 Å². The molecule has 1 aromatic rings. The van der Waals surface area contributed by atoms with Gasteiger partial charge in [-0.15, -0.1) is 0 Å². The number of hydrogen-bond acceptors (Lipinski definition) is 1. The molecule has 64 valence electrons. The van der Waals surface area contributed by atoms with Crippen molar-refractivity contribution < 1.29 is 4.74 Å². The molecule has 0 saturated heterocycles. The van der Waals surface area contributed by atoms with Crippen LogP contribution >= 0.6 is 11.6 Å². The zero-order chi connectivity index (χ0) is 8.55. The van der Waals surface area contributed by atoms with E-state index in [0.717, 1.165) is 5.75 Å². The first-order chi connectivity index (χ1) is 5.75. The van der Waals surface area contributed by atoms with E-state index < -0.39 is 0 Å². The molecule has 2 rings (SSSR count). The van der Waals surface area contributed by atoms with E-state index in [-0.39, 0.29) is 0 Å². The zero-order valence-electron chi connectivity index (χ0n) is 7.01. The molecule has 0 bridgehead atoms. The topological polar surface area (TPSA) is 9.23 Å². The summed E-state index contributed by atoms with van der Waals surface area (Å²) in [5.74, 6) is 0.833. The van der Waals surface area contributed by atoms with Crippen LogP contribution in [0.15, 0.2) is 18.2 Å².